The molecule has 10 nitrogen and oxygen atoms in total. The Hall–Kier alpha value is -3.63. The third-order valence-electron chi connectivity index (χ3n) is 6.02. The fraction of sp³-hybridized carbons (Fsp3) is 0.423. The first-order valence-corrected chi connectivity index (χ1v) is 11.6. The van der Waals surface area contributed by atoms with E-state index in [1.807, 2.05) is 37.4 Å². The van der Waals surface area contributed by atoms with Gasteiger partial charge in [0.15, 0.2) is 23.0 Å². The second-order valence-corrected chi connectivity index (χ2v) is 8.49. The van der Waals surface area contributed by atoms with Gasteiger partial charge in [-0.05, 0) is 30.3 Å². The van der Waals surface area contributed by atoms with Crippen LogP contribution in [0, 0.1) is 0 Å². The summed E-state index contributed by atoms with van der Waals surface area (Å²) >= 11 is 0. The van der Waals surface area contributed by atoms with E-state index in [0.29, 0.717) is 60.9 Å². The number of rotatable bonds is 12. The van der Waals surface area contributed by atoms with Crippen molar-refractivity contribution in [3.8, 4) is 57.0 Å². The highest BCUT2D eigenvalue weighted by molar-refractivity contribution is 5.75. The fourth-order valence-corrected chi connectivity index (χ4v) is 3.90. The molecule has 3 aromatic rings. The van der Waals surface area contributed by atoms with E-state index in [1.165, 1.54) is 0 Å². The van der Waals surface area contributed by atoms with Crippen molar-refractivity contribution < 1.29 is 37.9 Å². The molecule has 0 aliphatic carbocycles. The van der Waals surface area contributed by atoms with Crippen LogP contribution in [-0.4, -0.2) is 76.9 Å². The van der Waals surface area contributed by atoms with Crippen molar-refractivity contribution in [3.63, 3.8) is 0 Å². The largest absolute Gasteiger partial charge is 0.493 e. The van der Waals surface area contributed by atoms with Crippen LogP contribution in [0.1, 0.15) is 0 Å². The van der Waals surface area contributed by atoms with Crippen LogP contribution in [0.2, 0.25) is 0 Å². The number of nitrogens with zero attached hydrogens (tertiary/aromatic N) is 2. The van der Waals surface area contributed by atoms with Crippen molar-refractivity contribution in [2.75, 3.05) is 54.9 Å². The number of hydrogen-bond donors (Lipinski definition) is 0. The first-order valence-electron chi connectivity index (χ1n) is 11.6. The Morgan fingerprint density at radius 3 is 1.53 bits per heavy atom. The van der Waals surface area contributed by atoms with Gasteiger partial charge in [-0.25, -0.2) is 0 Å². The Balaban J connectivity index is 1.48. The Morgan fingerprint density at radius 2 is 1.14 bits per heavy atom. The van der Waals surface area contributed by atoms with Crippen molar-refractivity contribution in [1.29, 1.82) is 0 Å². The van der Waals surface area contributed by atoms with Gasteiger partial charge in [-0.15, -0.1) is 0 Å². The fourth-order valence-electron chi connectivity index (χ4n) is 3.90. The lowest BCUT2D eigenvalue weighted by atomic mass is 10.1. The van der Waals surface area contributed by atoms with Gasteiger partial charge in [-0.2, -0.15) is 5.10 Å². The summed E-state index contributed by atoms with van der Waals surface area (Å²) < 4.78 is 46.6. The molecule has 0 bridgehead atoms. The highest BCUT2D eigenvalue weighted by atomic mass is 16.6. The molecule has 5 rings (SSSR count). The third-order valence-corrected chi connectivity index (χ3v) is 6.02. The number of hydrogen-bond acceptors (Lipinski definition) is 9. The van der Waals surface area contributed by atoms with Gasteiger partial charge in [-0.1, -0.05) is 0 Å². The molecule has 10 heteroatoms. The third kappa shape index (κ3) is 5.00. The van der Waals surface area contributed by atoms with Crippen molar-refractivity contribution >= 4 is 0 Å². The summed E-state index contributed by atoms with van der Waals surface area (Å²) in [5, 5.41) is 4.74. The Bertz CT molecular complexity index is 1180. The second kappa shape index (κ2) is 10.2. The topological polar surface area (TPSA) is 98.3 Å². The normalized spacial score (nSPS) is 17.9. The maximum atomic E-state index is 5.93. The van der Waals surface area contributed by atoms with E-state index in [4.69, 9.17) is 43.0 Å². The maximum Gasteiger partial charge on any atom is 0.203 e. The number of benzene rings is 2. The molecule has 2 aromatic carbocycles. The summed E-state index contributed by atoms with van der Waals surface area (Å²) in [6, 6.07) is 9.57. The Kier molecular flexibility index (Phi) is 6.80. The molecule has 0 radical (unpaired) electrons. The summed E-state index contributed by atoms with van der Waals surface area (Å²) in [4.78, 5) is 0. The van der Waals surface area contributed by atoms with Crippen LogP contribution >= 0.6 is 0 Å². The predicted octanol–water partition coefficient (Wildman–Crippen LogP) is 3.34. The van der Waals surface area contributed by atoms with Gasteiger partial charge >= 0.3 is 0 Å². The zero-order valence-corrected chi connectivity index (χ0v) is 21.0. The van der Waals surface area contributed by atoms with Crippen LogP contribution < -0.4 is 28.4 Å². The summed E-state index contributed by atoms with van der Waals surface area (Å²) in [5.41, 5.74) is 3.29. The van der Waals surface area contributed by atoms with Crippen LogP contribution in [0.3, 0.4) is 0 Å². The number of aryl methyl sites for hydroxylation is 1. The molecule has 192 valence electrons. The van der Waals surface area contributed by atoms with Crippen LogP contribution in [0.15, 0.2) is 30.3 Å². The van der Waals surface area contributed by atoms with Crippen LogP contribution in [0.4, 0.5) is 0 Å². The van der Waals surface area contributed by atoms with Gasteiger partial charge in [0.25, 0.3) is 0 Å². The molecule has 0 amide bonds. The Labute approximate surface area is 209 Å². The number of ether oxygens (including phenoxy) is 8. The van der Waals surface area contributed by atoms with Gasteiger partial charge in [0, 0.05) is 18.2 Å². The second-order valence-electron chi connectivity index (χ2n) is 8.49. The molecular formula is C26H30N2O8. The van der Waals surface area contributed by atoms with E-state index in [1.54, 1.807) is 33.1 Å². The molecule has 0 spiro atoms. The molecule has 2 atom stereocenters. The number of epoxide rings is 2. The van der Waals surface area contributed by atoms with Crippen LogP contribution in [-0.2, 0) is 16.5 Å². The van der Waals surface area contributed by atoms with Gasteiger partial charge < -0.3 is 37.9 Å². The molecule has 2 aliphatic rings. The molecule has 2 unspecified atom stereocenters. The van der Waals surface area contributed by atoms with Crippen molar-refractivity contribution in [2.24, 2.45) is 7.05 Å². The zero-order chi connectivity index (χ0) is 25.2. The zero-order valence-electron chi connectivity index (χ0n) is 21.0. The molecule has 1 aromatic heterocycles. The van der Waals surface area contributed by atoms with E-state index in [2.05, 4.69) is 0 Å². The lowest BCUT2D eigenvalue weighted by Gasteiger charge is -2.15. The molecule has 0 saturated carbocycles. The smallest absolute Gasteiger partial charge is 0.203 e. The minimum atomic E-state index is 0.116. The minimum absolute atomic E-state index is 0.116. The maximum absolute atomic E-state index is 5.93. The quantitative estimate of drug-likeness (QED) is 0.348. The van der Waals surface area contributed by atoms with Gasteiger partial charge in [-0.3, -0.25) is 4.68 Å². The highest BCUT2D eigenvalue weighted by Crippen LogP contribution is 2.44. The number of aromatic nitrogens is 2. The van der Waals surface area contributed by atoms with Crippen LogP contribution in [0.5, 0.6) is 34.5 Å². The average Bonchev–Trinajstić information content (AvgIpc) is 3.84. The predicted molar refractivity (Wildman–Crippen MR) is 131 cm³/mol. The summed E-state index contributed by atoms with van der Waals surface area (Å²) in [5.74, 6) is 3.33. The molecule has 36 heavy (non-hydrogen) atoms. The molecule has 2 aliphatic heterocycles. The molecular weight excluding hydrogens is 468 g/mol. The lowest BCUT2D eigenvalue weighted by molar-refractivity contribution is 0.241. The van der Waals surface area contributed by atoms with Crippen molar-refractivity contribution in [3.05, 3.63) is 30.3 Å². The van der Waals surface area contributed by atoms with Crippen molar-refractivity contribution in [1.82, 2.24) is 9.78 Å². The number of methoxy groups -OCH3 is 4. The van der Waals surface area contributed by atoms with Gasteiger partial charge in [0.2, 0.25) is 11.5 Å². The van der Waals surface area contributed by atoms with Crippen molar-refractivity contribution in [2.45, 2.75) is 12.2 Å². The molecule has 2 saturated heterocycles. The average molecular weight is 499 g/mol. The summed E-state index contributed by atoms with van der Waals surface area (Å²) in [6.45, 7) is 2.30. The van der Waals surface area contributed by atoms with Gasteiger partial charge in [0.05, 0.1) is 53.0 Å². The summed E-state index contributed by atoms with van der Waals surface area (Å²) in [6.07, 6.45) is 0.233. The molecule has 2 fully saturated rings. The first kappa shape index (κ1) is 24.1. The Morgan fingerprint density at radius 1 is 0.722 bits per heavy atom. The lowest BCUT2D eigenvalue weighted by Crippen LogP contribution is -2.07. The monoisotopic (exact) mass is 498 g/mol. The molecule has 3 heterocycles. The first-order chi connectivity index (χ1) is 17.5. The minimum Gasteiger partial charge on any atom is -0.493 e. The van der Waals surface area contributed by atoms with E-state index in [0.717, 1.165) is 22.5 Å². The van der Waals surface area contributed by atoms with Crippen LogP contribution in [0.25, 0.3) is 22.5 Å². The molecule has 0 N–H and O–H groups in total. The summed E-state index contributed by atoms with van der Waals surface area (Å²) in [7, 11) is 8.28. The standard InChI is InChI=1S/C26H30N2O8/c1-28-20(16-8-23(31-4)26(24(9-16)32-5)36-14-18-12-34-18)10-19(27-28)15-6-21(29-2)25(22(7-15)30-3)35-13-17-11-33-17/h6-10,17-18H,11-14H2,1-5H3. The SMILES string of the molecule is COc1cc(-c2cc(-c3cc(OC)c(OCC4CO4)c(OC)c3)n(C)n2)cc(OC)c1OCC1CO1. The van der Waals surface area contributed by atoms with E-state index in [-0.39, 0.29) is 12.2 Å². The van der Waals surface area contributed by atoms with E-state index >= 15 is 0 Å². The van der Waals surface area contributed by atoms with E-state index in [9.17, 15) is 0 Å². The highest BCUT2D eigenvalue weighted by Gasteiger charge is 2.27. The van der Waals surface area contributed by atoms with E-state index < -0.39 is 0 Å². The van der Waals surface area contributed by atoms with Gasteiger partial charge in [0.1, 0.15) is 25.4 Å².